The zero-order chi connectivity index (χ0) is 19.3. The minimum atomic E-state index is 0.187. The second-order valence-corrected chi connectivity index (χ2v) is 8.31. The molecule has 2 aliphatic rings. The molecule has 28 heavy (non-hydrogen) atoms. The molecule has 0 spiro atoms. The van der Waals surface area contributed by atoms with E-state index in [1.54, 1.807) is 7.05 Å². The molecule has 1 saturated carbocycles. The van der Waals surface area contributed by atoms with E-state index in [2.05, 4.69) is 43.0 Å². The SMILES string of the molecule is CNC(=N)/N=c1\[nH]c2ccccc2n1C1CCN(C2CCCCCCC2)CC1. The number of likely N-dealkylation sites (tertiary alicyclic amines) is 1. The summed E-state index contributed by atoms with van der Waals surface area (Å²) >= 11 is 0. The van der Waals surface area contributed by atoms with Gasteiger partial charge in [-0.05, 0) is 37.8 Å². The van der Waals surface area contributed by atoms with Gasteiger partial charge in [-0.2, -0.15) is 4.99 Å². The smallest absolute Gasteiger partial charge is 0.218 e. The van der Waals surface area contributed by atoms with E-state index in [1.807, 2.05) is 6.07 Å². The lowest BCUT2D eigenvalue weighted by Gasteiger charge is -2.39. The number of para-hydroxylation sites is 2. The van der Waals surface area contributed by atoms with Gasteiger partial charge in [0.15, 0.2) is 0 Å². The van der Waals surface area contributed by atoms with E-state index < -0.39 is 0 Å². The molecule has 0 unspecified atom stereocenters. The van der Waals surface area contributed by atoms with Crippen LogP contribution in [0.2, 0.25) is 0 Å². The zero-order valence-corrected chi connectivity index (χ0v) is 17.1. The maximum absolute atomic E-state index is 7.94. The number of guanidine groups is 1. The highest BCUT2D eigenvalue weighted by Gasteiger charge is 2.27. The molecule has 1 aliphatic heterocycles. The third-order valence-electron chi connectivity index (χ3n) is 6.55. The molecule has 6 heteroatoms. The maximum atomic E-state index is 7.94. The van der Waals surface area contributed by atoms with Gasteiger partial charge in [0.25, 0.3) is 0 Å². The lowest BCUT2D eigenvalue weighted by molar-refractivity contribution is 0.115. The summed E-state index contributed by atoms with van der Waals surface area (Å²) < 4.78 is 2.33. The van der Waals surface area contributed by atoms with Crippen molar-refractivity contribution in [2.75, 3.05) is 20.1 Å². The molecule has 6 nitrogen and oxygen atoms in total. The molecule has 4 rings (SSSR count). The Balaban J connectivity index is 1.54. The Morgan fingerprint density at radius 3 is 2.39 bits per heavy atom. The Morgan fingerprint density at radius 2 is 1.68 bits per heavy atom. The van der Waals surface area contributed by atoms with Crippen LogP contribution in [-0.2, 0) is 0 Å². The minimum Gasteiger partial charge on any atom is -0.358 e. The van der Waals surface area contributed by atoms with Crippen molar-refractivity contribution in [1.82, 2.24) is 19.8 Å². The Labute approximate surface area is 167 Å². The van der Waals surface area contributed by atoms with Gasteiger partial charge in [-0.3, -0.25) is 5.41 Å². The van der Waals surface area contributed by atoms with E-state index in [0.717, 1.165) is 30.0 Å². The summed E-state index contributed by atoms with van der Waals surface area (Å²) in [5.41, 5.74) is 3.06. The number of hydrogen-bond acceptors (Lipinski definition) is 2. The van der Waals surface area contributed by atoms with Crippen LogP contribution in [0.1, 0.15) is 63.8 Å². The first kappa shape index (κ1) is 19.2. The van der Waals surface area contributed by atoms with Gasteiger partial charge in [0.2, 0.25) is 11.6 Å². The van der Waals surface area contributed by atoms with Gasteiger partial charge in [-0.25, -0.2) is 0 Å². The zero-order valence-electron chi connectivity index (χ0n) is 17.1. The van der Waals surface area contributed by atoms with Crippen molar-refractivity contribution >= 4 is 17.0 Å². The number of fused-ring (bicyclic) bond motifs is 1. The molecule has 0 radical (unpaired) electrons. The van der Waals surface area contributed by atoms with Crippen LogP contribution in [0.25, 0.3) is 11.0 Å². The molecule has 0 atom stereocenters. The summed E-state index contributed by atoms with van der Waals surface area (Å²) in [6, 6.07) is 9.61. The van der Waals surface area contributed by atoms with Crippen LogP contribution in [0.4, 0.5) is 0 Å². The standard InChI is InChI=1S/C22H34N6/c1-24-21(23)26-22-25-19-11-7-8-12-20(19)28(22)18-13-15-27(16-14-18)17-9-5-3-2-4-6-10-17/h7-8,11-12,17-18H,2-6,9-10,13-16H2,1H3,(H3,23,24,25,26). The quantitative estimate of drug-likeness (QED) is 0.546. The highest BCUT2D eigenvalue weighted by atomic mass is 15.2. The second kappa shape index (κ2) is 8.95. The van der Waals surface area contributed by atoms with Crippen LogP contribution in [0.5, 0.6) is 0 Å². The molecule has 1 aliphatic carbocycles. The Bertz CT molecular complexity index is 847. The fourth-order valence-electron chi connectivity index (χ4n) is 5.01. The van der Waals surface area contributed by atoms with Crippen LogP contribution in [0, 0.1) is 5.41 Å². The van der Waals surface area contributed by atoms with Gasteiger partial charge in [0, 0.05) is 32.2 Å². The van der Waals surface area contributed by atoms with Crippen LogP contribution >= 0.6 is 0 Å². The lowest BCUT2D eigenvalue weighted by Crippen LogP contribution is -2.43. The summed E-state index contributed by atoms with van der Waals surface area (Å²) in [6.45, 7) is 2.34. The van der Waals surface area contributed by atoms with Gasteiger partial charge < -0.3 is 19.8 Å². The monoisotopic (exact) mass is 382 g/mol. The summed E-state index contributed by atoms with van der Waals surface area (Å²) in [7, 11) is 1.74. The molecule has 0 amide bonds. The number of aromatic amines is 1. The van der Waals surface area contributed by atoms with E-state index in [0.29, 0.717) is 6.04 Å². The Hall–Kier alpha value is -2.08. The number of benzene rings is 1. The van der Waals surface area contributed by atoms with Crippen molar-refractivity contribution in [1.29, 1.82) is 5.41 Å². The fraction of sp³-hybridized carbons (Fsp3) is 0.636. The minimum absolute atomic E-state index is 0.187. The molecule has 3 N–H and O–H groups in total. The molecule has 1 saturated heterocycles. The maximum Gasteiger partial charge on any atom is 0.218 e. The fourth-order valence-corrected chi connectivity index (χ4v) is 5.01. The van der Waals surface area contributed by atoms with Gasteiger partial charge in [0.1, 0.15) is 0 Å². The van der Waals surface area contributed by atoms with Crippen LogP contribution in [0.15, 0.2) is 29.3 Å². The number of hydrogen-bond donors (Lipinski definition) is 3. The first-order valence-corrected chi connectivity index (χ1v) is 11.0. The number of H-pyrrole nitrogens is 1. The molecule has 152 valence electrons. The number of piperidine rings is 1. The van der Waals surface area contributed by atoms with E-state index in [4.69, 9.17) is 5.41 Å². The topological polar surface area (TPSA) is 72.2 Å². The average Bonchev–Trinajstić information content (AvgIpc) is 3.05. The number of nitrogens with zero attached hydrogens (tertiary/aromatic N) is 3. The predicted molar refractivity (Wildman–Crippen MR) is 115 cm³/mol. The molecule has 2 fully saturated rings. The first-order valence-electron chi connectivity index (χ1n) is 11.0. The third-order valence-corrected chi connectivity index (χ3v) is 6.55. The summed E-state index contributed by atoms with van der Waals surface area (Å²) in [4.78, 5) is 10.7. The first-order chi connectivity index (χ1) is 13.8. The summed E-state index contributed by atoms with van der Waals surface area (Å²) in [6.07, 6.45) is 12.1. The van der Waals surface area contributed by atoms with Crippen LogP contribution < -0.4 is 10.9 Å². The van der Waals surface area contributed by atoms with Crippen molar-refractivity contribution < 1.29 is 0 Å². The van der Waals surface area contributed by atoms with Gasteiger partial charge in [-0.1, -0.05) is 44.2 Å². The normalized spacial score (nSPS) is 21.5. The van der Waals surface area contributed by atoms with Crippen molar-refractivity contribution in [2.45, 2.75) is 69.9 Å². The lowest BCUT2D eigenvalue weighted by atomic mass is 9.93. The van der Waals surface area contributed by atoms with Gasteiger partial charge >= 0.3 is 0 Å². The van der Waals surface area contributed by atoms with Gasteiger partial charge in [-0.15, -0.1) is 0 Å². The number of imidazole rings is 1. The highest BCUT2D eigenvalue weighted by Crippen LogP contribution is 2.29. The molecular weight excluding hydrogens is 348 g/mol. The number of rotatable bonds is 2. The predicted octanol–water partition coefficient (Wildman–Crippen LogP) is 3.77. The second-order valence-electron chi connectivity index (χ2n) is 8.31. The summed E-state index contributed by atoms with van der Waals surface area (Å²) in [5.74, 6) is 0.187. The van der Waals surface area contributed by atoms with Gasteiger partial charge in [0.05, 0.1) is 11.0 Å². The Kier molecular flexibility index (Phi) is 6.15. The Morgan fingerprint density at radius 1 is 1.00 bits per heavy atom. The number of nitrogens with one attached hydrogen (secondary N) is 3. The van der Waals surface area contributed by atoms with E-state index >= 15 is 0 Å². The number of aromatic nitrogens is 2. The summed E-state index contributed by atoms with van der Waals surface area (Å²) in [5, 5.41) is 10.8. The van der Waals surface area contributed by atoms with Crippen molar-refractivity contribution in [3.63, 3.8) is 0 Å². The molecule has 1 aromatic heterocycles. The largest absolute Gasteiger partial charge is 0.358 e. The van der Waals surface area contributed by atoms with E-state index in [9.17, 15) is 0 Å². The van der Waals surface area contributed by atoms with Crippen molar-refractivity contribution in [3.8, 4) is 0 Å². The molecular formula is C22H34N6. The average molecular weight is 383 g/mol. The van der Waals surface area contributed by atoms with Crippen LogP contribution in [-0.4, -0.2) is 46.6 Å². The van der Waals surface area contributed by atoms with E-state index in [-0.39, 0.29) is 5.96 Å². The highest BCUT2D eigenvalue weighted by molar-refractivity contribution is 5.78. The molecule has 1 aromatic carbocycles. The van der Waals surface area contributed by atoms with Crippen molar-refractivity contribution in [3.05, 3.63) is 29.9 Å². The third kappa shape index (κ3) is 4.17. The van der Waals surface area contributed by atoms with E-state index in [1.165, 1.54) is 63.6 Å². The molecule has 2 heterocycles. The van der Waals surface area contributed by atoms with Crippen LogP contribution in [0.3, 0.4) is 0 Å². The molecule has 2 aromatic rings. The molecule has 0 bridgehead atoms. The van der Waals surface area contributed by atoms with Crippen molar-refractivity contribution in [2.24, 2.45) is 4.99 Å².